The maximum atomic E-state index is 11.5. The lowest BCUT2D eigenvalue weighted by Gasteiger charge is -2.13. The molecule has 0 aliphatic heterocycles. The summed E-state index contributed by atoms with van der Waals surface area (Å²) in [4.78, 5) is 11.5. The maximum Gasteiger partial charge on any atom is 0.277 e. The van der Waals surface area contributed by atoms with Gasteiger partial charge in [-0.2, -0.15) is 0 Å². The van der Waals surface area contributed by atoms with E-state index in [1.54, 1.807) is 12.1 Å². The van der Waals surface area contributed by atoms with Gasteiger partial charge in [0.2, 0.25) is 6.29 Å². The highest BCUT2D eigenvalue weighted by atomic mass is 35.5. The van der Waals surface area contributed by atoms with Crippen LogP contribution in [0.2, 0.25) is 5.02 Å². The predicted octanol–water partition coefficient (Wildman–Crippen LogP) is 1.58. The van der Waals surface area contributed by atoms with E-state index in [-0.39, 0.29) is 5.91 Å². The van der Waals surface area contributed by atoms with Crippen molar-refractivity contribution in [3.05, 3.63) is 34.9 Å². The third-order valence-electron chi connectivity index (χ3n) is 2.00. The van der Waals surface area contributed by atoms with Crippen molar-refractivity contribution in [2.24, 2.45) is 0 Å². The minimum atomic E-state index is -0.876. The number of hydrogen-bond donors (Lipinski definition) is 1. The van der Waals surface area contributed by atoms with E-state index in [1.807, 2.05) is 12.1 Å². The Morgan fingerprint density at radius 3 is 2.69 bits per heavy atom. The van der Waals surface area contributed by atoms with E-state index in [9.17, 15) is 4.79 Å². The second kappa shape index (κ2) is 6.48. The standard InChI is InChI=1S/C11H14ClNO3/c1-15-11(16-2)10(14)13-7-8-4-3-5-9(12)6-8/h3-6,11H,7H2,1-2H3,(H,13,14). The van der Waals surface area contributed by atoms with Gasteiger partial charge in [0.15, 0.2) is 0 Å². The summed E-state index contributed by atoms with van der Waals surface area (Å²) in [5.41, 5.74) is 0.923. The first-order valence-corrected chi connectivity index (χ1v) is 5.13. The molecule has 0 saturated carbocycles. The number of benzene rings is 1. The van der Waals surface area contributed by atoms with Crippen LogP contribution in [0.5, 0.6) is 0 Å². The smallest absolute Gasteiger partial charge is 0.277 e. The molecule has 0 unspecified atom stereocenters. The fraction of sp³-hybridized carbons (Fsp3) is 0.364. The lowest BCUT2D eigenvalue weighted by molar-refractivity contribution is -0.159. The molecular formula is C11H14ClNO3. The maximum absolute atomic E-state index is 11.5. The van der Waals surface area contributed by atoms with Gasteiger partial charge < -0.3 is 14.8 Å². The van der Waals surface area contributed by atoms with Crippen LogP contribution >= 0.6 is 11.6 Å². The molecule has 0 heterocycles. The van der Waals surface area contributed by atoms with E-state index in [2.05, 4.69) is 5.32 Å². The zero-order valence-electron chi connectivity index (χ0n) is 9.20. The van der Waals surface area contributed by atoms with Crippen molar-refractivity contribution in [3.63, 3.8) is 0 Å². The molecule has 0 aliphatic carbocycles. The van der Waals surface area contributed by atoms with Crippen molar-refractivity contribution in [2.45, 2.75) is 12.8 Å². The summed E-state index contributed by atoms with van der Waals surface area (Å²) in [5.74, 6) is -0.315. The zero-order valence-corrected chi connectivity index (χ0v) is 9.95. The van der Waals surface area contributed by atoms with Crippen molar-refractivity contribution in [2.75, 3.05) is 14.2 Å². The highest BCUT2D eigenvalue weighted by Crippen LogP contribution is 2.10. The van der Waals surface area contributed by atoms with Crippen molar-refractivity contribution in [1.29, 1.82) is 0 Å². The predicted molar refractivity (Wildman–Crippen MR) is 61.1 cm³/mol. The summed E-state index contributed by atoms with van der Waals surface area (Å²) in [5, 5.41) is 3.32. The number of rotatable bonds is 5. The van der Waals surface area contributed by atoms with Crippen molar-refractivity contribution in [1.82, 2.24) is 5.32 Å². The number of hydrogen-bond acceptors (Lipinski definition) is 3. The molecule has 0 saturated heterocycles. The molecule has 1 aromatic carbocycles. The third-order valence-corrected chi connectivity index (χ3v) is 2.23. The Kier molecular flexibility index (Phi) is 5.25. The number of halogens is 1. The first-order valence-electron chi connectivity index (χ1n) is 4.75. The van der Waals surface area contributed by atoms with Crippen LogP contribution in [0.25, 0.3) is 0 Å². The molecule has 1 N–H and O–H groups in total. The highest BCUT2D eigenvalue weighted by molar-refractivity contribution is 6.30. The molecule has 4 nitrogen and oxygen atoms in total. The minimum Gasteiger partial charge on any atom is -0.348 e. The number of nitrogens with one attached hydrogen (secondary N) is 1. The third kappa shape index (κ3) is 3.81. The van der Waals surface area contributed by atoms with E-state index < -0.39 is 6.29 Å². The SMILES string of the molecule is COC(OC)C(=O)NCc1cccc(Cl)c1. The number of carbonyl (C=O) groups excluding carboxylic acids is 1. The Labute approximate surface area is 99.5 Å². The van der Waals surface area contributed by atoms with Gasteiger partial charge >= 0.3 is 0 Å². The molecule has 0 radical (unpaired) electrons. The van der Waals surface area contributed by atoms with Crippen LogP contribution < -0.4 is 5.32 Å². The van der Waals surface area contributed by atoms with Crippen LogP contribution in [-0.2, 0) is 20.8 Å². The lowest BCUT2D eigenvalue weighted by Crippen LogP contribution is -2.36. The van der Waals surface area contributed by atoms with Crippen molar-refractivity contribution >= 4 is 17.5 Å². The summed E-state index contributed by atoms with van der Waals surface area (Å²) in [7, 11) is 2.82. The topological polar surface area (TPSA) is 47.6 Å². The van der Waals surface area contributed by atoms with Crippen LogP contribution in [0.1, 0.15) is 5.56 Å². The molecule has 0 fully saturated rings. The first-order chi connectivity index (χ1) is 7.67. The monoisotopic (exact) mass is 243 g/mol. The number of ether oxygens (including phenoxy) is 2. The van der Waals surface area contributed by atoms with E-state index in [0.29, 0.717) is 11.6 Å². The van der Waals surface area contributed by atoms with Gasteiger partial charge in [-0.3, -0.25) is 4.79 Å². The molecule has 0 spiro atoms. The van der Waals surface area contributed by atoms with Crippen LogP contribution in [0.15, 0.2) is 24.3 Å². The van der Waals surface area contributed by atoms with Crippen LogP contribution in [0, 0.1) is 0 Å². The second-order valence-electron chi connectivity index (χ2n) is 3.15. The minimum absolute atomic E-state index is 0.315. The first kappa shape index (κ1) is 13.0. The van der Waals surface area contributed by atoms with E-state index >= 15 is 0 Å². The molecule has 16 heavy (non-hydrogen) atoms. The Bertz CT molecular complexity index is 353. The summed E-state index contributed by atoms with van der Waals surface area (Å²) < 4.78 is 9.63. The van der Waals surface area contributed by atoms with Gasteiger partial charge in [0.1, 0.15) is 0 Å². The van der Waals surface area contributed by atoms with Crippen LogP contribution in [-0.4, -0.2) is 26.4 Å². The van der Waals surface area contributed by atoms with Crippen LogP contribution in [0.3, 0.4) is 0 Å². The van der Waals surface area contributed by atoms with Crippen molar-refractivity contribution in [3.8, 4) is 0 Å². The van der Waals surface area contributed by atoms with Gasteiger partial charge in [0, 0.05) is 25.8 Å². The summed E-state index contributed by atoms with van der Waals surface area (Å²) in [6.07, 6.45) is -0.876. The average Bonchev–Trinajstić information content (AvgIpc) is 2.28. The fourth-order valence-electron chi connectivity index (χ4n) is 1.23. The summed E-state index contributed by atoms with van der Waals surface area (Å²) >= 11 is 5.82. The van der Waals surface area contributed by atoms with Gasteiger partial charge in [0.05, 0.1) is 0 Å². The fourth-order valence-corrected chi connectivity index (χ4v) is 1.44. The van der Waals surface area contributed by atoms with Gasteiger partial charge in [-0.25, -0.2) is 0 Å². The molecule has 1 amide bonds. The summed E-state index contributed by atoms with van der Waals surface area (Å²) in [6, 6.07) is 7.27. The number of carbonyl (C=O) groups is 1. The Hall–Kier alpha value is -1.10. The van der Waals surface area contributed by atoms with Gasteiger partial charge in [0.25, 0.3) is 5.91 Å². The lowest BCUT2D eigenvalue weighted by atomic mass is 10.2. The Morgan fingerprint density at radius 1 is 1.44 bits per heavy atom. The van der Waals surface area contributed by atoms with Gasteiger partial charge in [-0.15, -0.1) is 0 Å². The van der Waals surface area contributed by atoms with E-state index in [0.717, 1.165) is 5.56 Å². The van der Waals surface area contributed by atoms with Gasteiger partial charge in [-0.05, 0) is 17.7 Å². The Balaban J connectivity index is 2.48. The number of methoxy groups -OCH3 is 2. The normalized spacial score (nSPS) is 10.5. The molecule has 1 rings (SSSR count). The molecule has 0 bridgehead atoms. The van der Waals surface area contributed by atoms with Crippen molar-refractivity contribution < 1.29 is 14.3 Å². The quantitative estimate of drug-likeness (QED) is 0.799. The molecule has 1 aromatic rings. The Morgan fingerprint density at radius 2 is 2.12 bits per heavy atom. The molecule has 0 aromatic heterocycles. The molecule has 0 atom stereocenters. The van der Waals surface area contributed by atoms with Crippen LogP contribution in [0.4, 0.5) is 0 Å². The second-order valence-corrected chi connectivity index (χ2v) is 3.59. The summed E-state index contributed by atoms with van der Waals surface area (Å²) in [6.45, 7) is 0.391. The largest absolute Gasteiger partial charge is 0.348 e. The molecular weight excluding hydrogens is 230 g/mol. The van der Waals surface area contributed by atoms with E-state index in [1.165, 1.54) is 14.2 Å². The average molecular weight is 244 g/mol. The zero-order chi connectivity index (χ0) is 12.0. The highest BCUT2D eigenvalue weighted by Gasteiger charge is 2.15. The van der Waals surface area contributed by atoms with Gasteiger partial charge in [-0.1, -0.05) is 23.7 Å². The van der Waals surface area contributed by atoms with E-state index in [4.69, 9.17) is 21.1 Å². The molecule has 88 valence electrons. The molecule has 5 heteroatoms. The molecule has 0 aliphatic rings. The number of amides is 1.